The molecule has 0 spiro atoms. The van der Waals surface area contributed by atoms with Gasteiger partial charge in [0.15, 0.2) is 5.82 Å². The third-order valence-corrected chi connectivity index (χ3v) is 2.82. The maximum Gasteiger partial charge on any atom is 0.257 e. The summed E-state index contributed by atoms with van der Waals surface area (Å²) in [6.45, 7) is 0. The molecule has 0 unspecified atom stereocenters. The van der Waals surface area contributed by atoms with Gasteiger partial charge in [0, 0.05) is 5.56 Å². The van der Waals surface area contributed by atoms with Crippen LogP contribution >= 0.6 is 11.6 Å². The van der Waals surface area contributed by atoms with E-state index in [9.17, 15) is 0 Å². The van der Waals surface area contributed by atoms with Crippen LogP contribution in [0, 0.1) is 0 Å². The van der Waals surface area contributed by atoms with Crippen LogP contribution in [0.5, 0.6) is 0 Å². The normalized spacial score (nSPS) is 10.9. The minimum atomic E-state index is 0.261. The fourth-order valence-corrected chi connectivity index (χ4v) is 1.86. The van der Waals surface area contributed by atoms with Gasteiger partial charge in [-0.05, 0) is 22.9 Å². The number of hydrogen-bond donors (Lipinski definition) is 0. The molecular formula is C13H9ClN2O. The number of rotatable bonds is 2. The average molecular weight is 245 g/mol. The Morgan fingerprint density at radius 2 is 1.88 bits per heavy atom. The quantitative estimate of drug-likeness (QED) is 0.646. The number of halogens is 1. The third-order valence-electron chi connectivity index (χ3n) is 2.58. The van der Waals surface area contributed by atoms with Crippen LogP contribution in [0.2, 0.25) is 0 Å². The Labute approximate surface area is 103 Å². The van der Waals surface area contributed by atoms with E-state index in [1.54, 1.807) is 0 Å². The molecule has 0 fully saturated rings. The predicted octanol–water partition coefficient (Wildman–Crippen LogP) is 3.63. The van der Waals surface area contributed by atoms with Crippen molar-refractivity contribution in [1.82, 2.24) is 10.1 Å². The molecule has 0 N–H and O–H groups in total. The van der Waals surface area contributed by atoms with Crippen LogP contribution in [0.3, 0.4) is 0 Å². The number of alkyl halides is 1. The number of fused-ring (bicyclic) bond motifs is 1. The molecule has 0 aliphatic heterocycles. The van der Waals surface area contributed by atoms with Crippen LogP contribution in [0.25, 0.3) is 22.2 Å². The van der Waals surface area contributed by atoms with Gasteiger partial charge in [-0.3, -0.25) is 0 Å². The summed E-state index contributed by atoms with van der Waals surface area (Å²) >= 11 is 5.64. The molecule has 0 atom stereocenters. The lowest BCUT2D eigenvalue weighted by Gasteiger charge is -1.98. The van der Waals surface area contributed by atoms with Crippen molar-refractivity contribution in [3.05, 3.63) is 48.3 Å². The Bertz CT molecular complexity index is 663. The van der Waals surface area contributed by atoms with Crippen molar-refractivity contribution in [2.75, 3.05) is 0 Å². The summed E-state index contributed by atoms with van der Waals surface area (Å²) in [5, 5.41) is 6.11. The molecular weight excluding hydrogens is 236 g/mol. The topological polar surface area (TPSA) is 38.9 Å². The van der Waals surface area contributed by atoms with Gasteiger partial charge in [0.1, 0.15) is 0 Å². The molecule has 0 bridgehead atoms. The third kappa shape index (κ3) is 1.89. The maximum atomic E-state index is 5.64. The summed E-state index contributed by atoms with van der Waals surface area (Å²) in [4.78, 5) is 4.20. The molecule has 1 heterocycles. The van der Waals surface area contributed by atoms with E-state index in [4.69, 9.17) is 16.1 Å². The summed E-state index contributed by atoms with van der Waals surface area (Å²) in [7, 11) is 0. The monoisotopic (exact) mass is 244 g/mol. The van der Waals surface area contributed by atoms with Crippen LogP contribution < -0.4 is 0 Å². The van der Waals surface area contributed by atoms with E-state index in [1.807, 2.05) is 30.3 Å². The first-order valence-electron chi connectivity index (χ1n) is 5.24. The second kappa shape index (κ2) is 4.18. The smallest absolute Gasteiger partial charge is 0.257 e. The maximum absolute atomic E-state index is 5.64. The van der Waals surface area contributed by atoms with Gasteiger partial charge >= 0.3 is 0 Å². The van der Waals surface area contributed by atoms with Crippen molar-refractivity contribution in [1.29, 1.82) is 0 Å². The van der Waals surface area contributed by atoms with Crippen molar-refractivity contribution in [2.45, 2.75) is 5.88 Å². The molecule has 1 aromatic heterocycles. The Morgan fingerprint density at radius 1 is 1.06 bits per heavy atom. The van der Waals surface area contributed by atoms with Crippen molar-refractivity contribution in [3.63, 3.8) is 0 Å². The van der Waals surface area contributed by atoms with Crippen LogP contribution in [0.1, 0.15) is 5.82 Å². The largest absolute Gasteiger partial charge is 0.334 e. The highest BCUT2D eigenvalue weighted by atomic mass is 35.5. The summed E-state index contributed by atoms with van der Waals surface area (Å²) < 4.78 is 5.14. The van der Waals surface area contributed by atoms with Gasteiger partial charge in [0.2, 0.25) is 0 Å². The van der Waals surface area contributed by atoms with Crippen molar-refractivity contribution in [2.24, 2.45) is 0 Å². The molecule has 84 valence electrons. The second-order valence-corrected chi connectivity index (χ2v) is 3.98. The minimum absolute atomic E-state index is 0.261. The molecule has 3 rings (SSSR count). The summed E-state index contributed by atoms with van der Waals surface area (Å²) in [6, 6.07) is 14.2. The van der Waals surface area contributed by atoms with E-state index >= 15 is 0 Å². The number of hydrogen-bond acceptors (Lipinski definition) is 3. The van der Waals surface area contributed by atoms with E-state index in [0.29, 0.717) is 11.7 Å². The SMILES string of the molecule is ClCc1noc(-c2ccc3ccccc3c2)n1. The predicted molar refractivity (Wildman–Crippen MR) is 66.8 cm³/mol. The Balaban J connectivity index is 2.11. The number of benzene rings is 2. The van der Waals surface area contributed by atoms with E-state index in [2.05, 4.69) is 22.3 Å². The zero-order valence-corrected chi connectivity index (χ0v) is 9.69. The summed E-state index contributed by atoms with van der Waals surface area (Å²) in [6.07, 6.45) is 0. The van der Waals surface area contributed by atoms with Gasteiger partial charge in [-0.1, -0.05) is 35.5 Å². The Morgan fingerprint density at radius 3 is 2.65 bits per heavy atom. The van der Waals surface area contributed by atoms with Gasteiger partial charge in [-0.25, -0.2) is 0 Å². The first-order valence-corrected chi connectivity index (χ1v) is 5.78. The molecule has 3 aromatic rings. The fourth-order valence-electron chi connectivity index (χ4n) is 1.75. The minimum Gasteiger partial charge on any atom is -0.334 e. The van der Waals surface area contributed by atoms with Gasteiger partial charge < -0.3 is 4.52 Å². The van der Waals surface area contributed by atoms with Crippen molar-refractivity contribution < 1.29 is 4.52 Å². The summed E-state index contributed by atoms with van der Waals surface area (Å²) in [5.74, 6) is 1.28. The van der Waals surface area contributed by atoms with E-state index in [0.717, 1.165) is 10.9 Å². The second-order valence-electron chi connectivity index (χ2n) is 3.71. The zero-order valence-electron chi connectivity index (χ0n) is 8.93. The highest BCUT2D eigenvalue weighted by Crippen LogP contribution is 2.23. The lowest BCUT2D eigenvalue weighted by molar-refractivity contribution is 0.425. The van der Waals surface area contributed by atoms with Crippen LogP contribution in [-0.4, -0.2) is 10.1 Å². The first-order chi connectivity index (χ1) is 8.36. The molecule has 4 heteroatoms. The highest BCUT2D eigenvalue weighted by Gasteiger charge is 2.08. The molecule has 0 saturated carbocycles. The van der Waals surface area contributed by atoms with Crippen molar-refractivity contribution in [3.8, 4) is 11.5 Å². The number of nitrogens with zero attached hydrogens (tertiary/aromatic N) is 2. The molecule has 0 aliphatic carbocycles. The molecule has 2 aromatic carbocycles. The van der Waals surface area contributed by atoms with Crippen LogP contribution in [0.15, 0.2) is 47.0 Å². The standard InChI is InChI=1S/C13H9ClN2O/c14-8-12-15-13(17-16-12)11-6-5-9-3-1-2-4-10(9)7-11/h1-7H,8H2. The first kappa shape index (κ1) is 10.3. The Kier molecular flexibility index (Phi) is 2.53. The fraction of sp³-hybridized carbons (Fsp3) is 0.0769. The molecule has 0 radical (unpaired) electrons. The number of aromatic nitrogens is 2. The summed E-state index contributed by atoms with van der Waals surface area (Å²) in [5.41, 5.74) is 0.910. The van der Waals surface area contributed by atoms with Crippen LogP contribution in [-0.2, 0) is 5.88 Å². The Hall–Kier alpha value is -1.87. The van der Waals surface area contributed by atoms with E-state index in [-0.39, 0.29) is 5.88 Å². The molecule has 17 heavy (non-hydrogen) atoms. The van der Waals surface area contributed by atoms with Crippen LogP contribution in [0.4, 0.5) is 0 Å². The van der Waals surface area contributed by atoms with Gasteiger partial charge in [0.25, 0.3) is 5.89 Å². The molecule has 0 amide bonds. The molecule has 0 aliphatic rings. The lowest BCUT2D eigenvalue weighted by Crippen LogP contribution is -1.81. The van der Waals surface area contributed by atoms with Gasteiger partial charge in [0.05, 0.1) is 5.88 Å². The van der Waals surface area contributed by atoms with E-state index < -0.39 is 0 Å². The molecule has 0 saturated heterocycles. The zero-order chi connectivity index (χ0) is 11.7. The van der Waals surface area contributed by atoms with Gasteiger partial charge in [-0.2, -0.15) is 4.98 Å². The van der Waals surface area contributed by atoms with Crippen molar-refractivity contribution >= 4 is 22.4 Å². The average Bonchev–Trinajstić information content (AvgIpc) is 2.87. The lowest BCUT2D eigenvalue weighted by atomic mass is 10.1. The molecule has 3 nitrogen and oxygen atoms in total. The van der Waals surface area contributed by atoms with Gasteiger partial charge in [-0.15, -0.1) is 11.6 Å². The highest BCUT2D eigenvalue weighted by molar-refractivity contribution is 6.16. The van der Waals surface area contributed by atoms with E-state index in [1.165, 1.54) is 5.39 Å².